The molecule has 0 radical (unpaired) electrons. The van der Waals surface area contributed by atoms with E-state index < -0.39 is 4.92 Å². The van der Waals surface area contributed by atoms with E-state index in [1.54, 1.807) is 18.2 Å². The van der Waals surface area contributed by atoms with Gasteiger partial charge in [0.05, 0.1) is 15.0 Å². The summed E-state index contributed by atoms with van der Waals surface area (Å²) in [5, 5.41) is 21.1. The quantitative estimate of drug-likeness (QED) is 0.661. The zero-order chi connectivity index (χ0) is 13.3. The van der Waals surface area contributed by atoms with Crippen molar-refractivity contribution in [1.82, 2.24) is 0 Å². The summed E-state index contributed by atoms with van der Waals surface area (Å²) in [5.41, 5.74) is 0.473. The highest BCUT2D eigenvalue weighted by atomic mass is 35.5. The number of hydrogen-bond donors (Lipinski definition) is 1. The number of rotatable bonds is 2. The Labute approximate surface area is 113 Å². The molecule has 4 nitrogen and oxygen atoms in total. The fraction of sp³-hybridized carbons (Fsp3) is 0. The van der Waals surface area contributed by atoms with Crippen molar-refractivity contribution >= 4 is 28.9 Å². The predicted molar refractivity (Wildman–Crippen MR) is 70.2 cm³/mol. The maximum absolute atomic E-state index is 10.7. The summed E-state index contributed by atoms with van der Waals surface area (Å²) in [4.78, 5) is 10.2. The first kappa shape index (κ1) is 12.7. The Balaban J connectivity index is 2.70. The van der Waals surface area contributed by atoms with Gasteiger partial charge in [-0.3, -0.25) is 10.1 Å². The number of hydrogen-bond acceptors (Lipinski definition) is 3. The first-order valence-electron chi connectivity index (χ1n) is 4.92. The summed E-state index contributed by atoms with van der Waals surface area (Å²) in [6, 6.07) is 8.55. The molecule has 18 heavy (non-hydrogen) atoms. The maximum atomic E-state index is 10.7. The van der Waals surface area contributed by atoms with Crippen molar-refractivity contribution in [3.63, 3.8) is 0 Å². The SMILES string of the molecule is O=[N+]([O-])c1ccc(O)c(-c2c(Cl)cccc2Cl)c1. The third-order valence-electron chi connectivity index (χ3n) is 2.42. The van der Waals surface area contributed by atoms with Crippen LogP contribution in [0.5, 0.6) is 5.75 Å². The zero-order valence-electron chi connectivity index (χ0n) is 8.93. The van der Waals surface area contributed by atoms with Crippen LogP contribution in [0.15, 0.2) is 36.4 Å². The minimum atomic E-state index is -0.548. The van der Waals surface area contributed by atoms with Gasteiger partial charge in [0.2, 0.25) is 0 Å². The van der Waals surface area contributed by atoms with Gasteiger partial charge in [-0.15, -0.1) is 0 Å². The number of non-ortho nitro benzene ring substituents is 1. The largest absolute Gasteiger partial charge is 0.507 e. The van der Waals surface area contributed by atoms with Crippen LogP contribution in [-0.4, -0.2) is 10.0 Å². The topological polar surface area (TPSA) is 63.4 Å². The second-order valence-electron chi connectivity index (χ2n) is 3.56. The molecular weight excluding hydrogens is 277 g/mol. The van der Waals surface area contributed by atoms with Gasteiger partial charge in [0, 0.05) is 23.3 Å². The summed E-state index contributed by atoms with van der Waals surface area (Å²) in [7, 11) is 0. The molecular formula is C12H7Cl2NO3. The molecule has 2 aromatic rings. The molecule has 0 saturated heterocycles. The molecule has 0 aromatic heterocycles. The van der Waals surface area contributed by atoms with E-state index in [2.05, 4.69) is 0 Å². The van der Waals surface area contributed by atoms with E-state index in [0.717, 1.165) is 0 Å². The number of nitrogens with zero attached hydrogens (tertiary/aromatic N) is 1. The number of phenols is 1. The molecule has 1 N–H and O–H groups in total. The Morgan fingerprint density at radius 3 is 2.28 bits per heavy atom. The number of benzene rings is 2. The second kappa shape index (κ2) is 4.84. The van der Waals surface area contributed by atoms with Crippen LogP contribution in [0, 0.1) is 10.1 Å². The lowest BCUT2D eigenvalue weighted by Gasteiger charge is -2.08. The Bertz CT molecular complexity index is 608. The molecule has 0 aliphatic rings. The third kappa shape index (κ3) is 2.25. The van der Waals surface area contributed by atoms with Gasteiger partial charge in [0.15, 0.2) is 0 Å². The number of halogens is 2. The normalized spacial score (nSPS) is 10.3. The fourth-order valence-electron chi connectivity index (χ4n) is 1.59. The first-order valence-corrected chi connectivity index (χ1v) is 5.68. The maximum Gasteiger partial charge on any atom is 0.270 e. The highest BCUT2D eigenvalue weighted by molar-refractivity contribution is 6.39. The summed E-state index contributed by atoms with van der Waals surface area (Å²) in [5.74, 6) is -0.115. The lowest BCUT2D eigenvalue weighted by molar-refractivity contribution is -0.384. The predicted octanol–water partition coefficient (Wildman–Crippen LogP) is 4.27. The first-order chi connectivity index (χ1) is 8.50. The Morgan fingerprint density at radius 1 is 1.11 bits per heavy atom. The Kier molecular flexibility index (Phi) is 3.41. The zero-order valence-corrected chi connectivity index (χ0v) is 10.4. The van der Waals surface area contributed by atoms with Crippen molar-refractivity contribution in [3.8, 4) is 16.9 Å². The molecule has 0 heterocycles. The van der Waals surface area contributed by atoms with Crippen LogP contribution < -0.4 is 0 Å². The summed E-state index contributed by atoms with van der Waals surface area (Å²) < 4.78 is 0. The molecule has 0 aliphatic heterocycles. The average molecular weight is 284 g/mol. The van der Waals surface area contributed by atoms with E-state index in [1.165, 1.54) is 18.2 Å². The van der Waals surface area contributed by atoms with Gasteiger partial charge in [0.1, 0.15) is 5.75 Å². The van der Waals surface area contributed by atoms with Crippen LogP contribution in [0.1, 0.15) is 0 Å². The molecule has 0 bridgehead atoms. The van der Waals surface area contributed by atoms with Gasteiger partial charge in [-0.05, 0) is 18.2 Å². The molecule has 0 atom stereocenters. The average Bonchev–Trinajstić information content (AvgIpc) is 2.30. The molecule has 0 aliphatic carbocycles. The number of phenolic OH excluding ortho intramolecular Hbond substituents is 1. The Hall–Kier alpha value is -1.78. The van der Waals surface area contributed by atoms with Crippen molar-refractivity contribution in [2.75, 3.05) is 0 Å². The highest BCUT2D eigenvalue weighted by Gasteiger charge is 2.16. The van der Waals surface area contributed by atoms with E-state index >= 15 is 0 Å². The van der Waals surface area contributed by atoms with Crippen molar-refractivity contribution in [2.45, 2.75) is 0 Å². The van der Waals surface area contributed by atoms with E-state index in [-0.39, 0.29) is 17.0 Å². The number of aromatic hydroxyl groups is 1. The fourth-order valence-corrected chi connectivity index (χ4v) is 2.19. The molecule has 0 spiro atoms. The monoisotopic (exact) mass is 283 g/mol. The highest BCUT2D eigenvalue weighted by Crippen LogP contribution is 2.40. The number of nitro groups is 1. The summed E-state index contributed by atoms with van der Waals surface area (Å²) in [6.45, 7) is 0. The smallest absolute Gasteiger partial charge is 0.270 e. The van der Waals surface area contributed by atoms with E-state index in [0.29, 0.717) is 15.6 Å². The molecule has 2 aromatic carbocycles. The van der Waals surface area contributed by atoms with Crippen LogP contribution >= 0.6 is 23.2 Å². The van der Waals surface area contributed by atoms with Gasteiger partial charge < -0.3 is 5.11 Å². The van der Waals surface area contributed by atoms with Crippen molar-refractivity contribution < 1.29 is 10.0 Å². The van der Waals surface area contributed by atoms with E-state index in [4.69, 9.17) is 23.2 Å². The lowest BCUT2D eigenvalue weighted by atomic mass is 10.0. The molecule has 6 heteroatoms. The summed E-state index contributed by atoms with van der Waals surface area (Å²) >= 11 is 12.0. The van der Waals surface area contributed by atoms with Crippen molar-refractivity contribution in [1.29, 1.82) is 0 Å². The molecule has 92 valence electrons. The van der Waals surface area contributed by atoms with E-state index in [9.17, 15) is 15.2 Å². The second-order valence-corrected chi connectivity index (χ2v) is 4.37. The van der Waals surface area contributed by atoms with Crippen LogP contribution in [0.3, 0.4) is 0 Å². The van der Waals surface area contributed by atoms with E-state index in [1.807, 2.05) is 0 Å². The lowest BCUT2D eigenvalue weighted by Crippen LogP contribution is -1.89. The van der Waals surface area contributed by atoms with Crippen LogP contribution in [-0.2, 0) is 0 Å². The Morgan fingerprint density at radius 2 is 1.72 bits per heavy atom. The molecule has 0 fully saturated rings. The molecule has 0 saturated carbocycles. The van der Waals surface area contributed by atoms with Gasteiger partial charge in [-0.2, -0.15) is 0 Å². The third-order valence-corrected chi connectivity index (χ3v) is 3.05. The van der Waals surface area contributed by atoms with Gasteiger partial charge in [-0.25, -0.2) is 0 Å². The minimum absolute atomic E-state index is 0.115. The number of nitro benzene ring substituents is 1. The van der Waals surface area contributed by atoms with Gasteiger partial charge >= 0.3 is 0 Å². The van der Waals surface area contributed by atoms with Crippen molar-refractivity contribution in [2.24, 2.45) is 0 Å². The standard InChI is InChI=1S/C12H7Cl2NO3/c13-9-2-1-3-10(14)12(9)8-6-7(15(17)18)4-5-11(8)16/h1-6,16H. The van der Waals surface area contributed by atoms with Crippen molar-refractivity contribution in [3.05, 3.63) is 56.6 Å². The van der Waals surface area contributed by atoms with Crippen LogP contribution in [0.4, 0.5) is 5.69 Å². The van der Waals surface area contributed by atoms with Gasteiger partial charge in [0.25, 0.3) is 5.69 Å². The van der Waals surface area contributed by atoms with Gasteiger partial charge in [-0.1, -0.05) is 29.3 Å². The molecule has 2 rings (SSSR count). The summed E-state index contributed by atoms with van der Waals surface area (Å²) in [6.07, 6.45) is 0. The van der Waals surface area contributed by atoms with Crippen LogP contribution in [0.25, 0.3) is 11.1 Å². The minimum Gasteiger partial charge on any atom is -0.507 e. The molecule has 0 unspecified atom stereocenters. The van der Waals surface area contributed by atoms with Crippen LogP contribution in [0.2, 0.25) is 10.0 Å². The molecule has 0 amide bonds.